The molecule has 1 heterocycles. The van der Waals surface area contributed by atoms with E-state index >= 15 is 0 Å². The highest BCUT2D eigenvalue weighted by atomic mass is 16.4. The standard InChI is InChI=1S/C32H39NO4/c1-31(2,30(35)36)25-17-15-24(16-18-25)29(34)14-9-21-33-22-19-28(20-23-33)32(37,26-10-5-3-6-11-26)27-12-7-4-8-13-27/h3-8,10-13,15-18,28-29,34,37H,9,14,19-23H2,1-2H3,(H,35,36)/i9D2,14D2,21D2,29D. The number of benzene rings is 3. The van der Waals surface area contributed by atoms with Gasteiger partial charge in [-0.1, -0.05) is 84.9 Å². The van der Waals surface area contributed by atoms with Gasteiger partial charge in [-0.3, -0.25) is 4.79 Å². The fourth-order valence-electron chi connectivity index (χ4n) is 4.84. The lowest BCUT2D eigenvalue weighted by molar-refractivity contribution is -0.142. The molecule has 1 atom stereocenters. The van der Waals surface area contributed by atoms with Crippen LogP contribution in [0, 0.1) is 5.92 Å². The number of aliphatic carboxylic acids is 1. The van der Waals surface area contributed by atoms with Crippen LogP contribution in [0.4, 0.5) is 0 Å². The van der Waals surface area contributed by atoms with Crippen LogP contribution in [0.15, 0.2) is 84.9 Å². The number of rotatable bonds is 10. The molecule has 0 aromatic heterocycles. The van der Waals surface area contributed by atoms with Gasteiger partial charge in [-0.2, -0.15) is 0 Å². The van der Waals surface area contributed by atoms with Gasteiger partial charge in [0.1, 0.15) is 5.60 Å². The summed E-state index contributed by atoms with van der Waals surface area (Å²) in [6, 6.07) is 23.3. The summed E-state index contributed by atoms with van der Waals surface area (Å²) in [5.41, 5.74) is -1.35. The van der Waals surface area contributed by atoms with E-state index in [1.54, 1.807) is 0 Å². The highest BCUT2D eigenvalue weighted by Gasteiger charge is 2.41. The summed E-state index contributed by atoms with van der Waals surface area (Å²) < 4.78 is 60.7. The van der Waals surface area contributed by atoms with Crippen LogP contribution in [-0.2, 0) is 15.8 Å². The van der Waals surface area contributed by atoms with Gasteiger partial charge in [0, 0.05) is 8.22 Å². The third-order valence-corrected chi connectivity index (χ3v) is 7.32. The van der Waals surface area contributed by atoms with E-state index in [1.807, 2.05) is 60.7 Å². The van der Waals surface area contributed by atoms with Gasteiger partial charge in [0.25, 0.3) is 0 Å². The minimum absolute atomic E-state index is 0.00930. The molecule has 0 saturated carbocycles. The van der Waals surface area contributed by atoms with Gasteiger partial charge in [-0.05, 0) is 87.2 Å². The lowest BCUT2D eigenvalue weighted by Gasteiger charge is -2.42. The Hall–Kier alpha value is -2.99. The van der Waals surface area contributed by atoms with Crippen molar-refractivity contribution in [3.63, 3.8) is 0 Å². The molecule has 0 spiro atoms. The molecule has 0 amide bonds. The zero-order valence-corrected chi connectivity index (χ0v) is 21.2. The second-order valence-electron chi connectivity index (χ2n) is 9.98. The molecule has 196 valence electrons. The highest BCUT2D eigenvalue weighted by molar-refractivity contribution is 5.80. The number of aliphatic hydroxyl groups is 2. The van der Waals surface area contributed by atoms with Crippen molar-refractivity contribution >= 4 is 5.97 Å². The predicted molar refractivity (Wildman–Crippen MR) is 146 cm³/mol. The monoisotopic (exact) mass is 508 g/mol. The van der Waals surface area contributed by atoms with Crippen LogP contribution >= 0.6 is 0 Å². The van der Waals surface area contributed by atoms with Crippen molar-refractivity contribution in [2.75, 3.05) is 19.6 Å². The Morgan fingerprint density at radius 3 is 1.95 bits per heavy atom. The van der Waals surface area contributed by atoms with Gasteiger partial charge in [0.15, 0.2) is 0 Å². The summed E-state index contributed by atoms with van der Waals surface area (Å²) in [6.07, 6.45) is -9.54. The van der Waals surface area contributed by atoms with Crippen molar-refractivity contribution in [2.45, 2.75) is 56.5 Å². The van der Waals surface area contributed by atoms with Crippen molar-refractivity contribution in [2.24, 2.45) is 5.92 Å². The molecule has 0 bridgehead atoms. The summed E-state index contributed by atoms with van der Waals surface area (Å²) in [5, 5.41) is 32.8. The van der Waals surface area contributed by atoms with Crippen LogP contribution in [0.2, 0.25) is 0 Å². The molecule has 1 aliphatic heterocycles. The topological polar surface area (TPSA) is 81.0 Å². The maximum atomic E-state index is 12.2. The first-order valence-electron chi connectivity index (χ1n) is 16.0. The van der Waals surface area contributed by atoms with Gasteiger partial charge >= 0.3 is 5.97 Å². The second kappa shape index (κ2) is 11.6. The van der Waals surface area contributed by atoms with Crippen molar-refractivity contribution in [1.29, 1.82) is 0 Å². The minimum atomic E-state index is -3.46. The van der Waals surface area contributed by atoms with Crippen LogP contribution in [0.1, 0.15) is 77.4 Å². The van der Waals surface area contributed by atoms with Crippen molar-refractivity contribution < 1.29 is 29.7 Å². The smallest absolute Gasteiger partial charge is 0.313 e. The van der Waals surface area contributed by atoms with E-state index in [1.165, 1.54) is 30.9 Å². The van der Waals surface area contributed by atoms with Crippen LogP contribution in [0.25, 0.3) is 0 Å². The van der Waals surface area contributed by atoms with Gasteiger partial charge in [0.05, 0.1) is 12.9 Å². The molecular weight excluding hydrogens is 462 g/mol. The molecule has 5 heteroatoms. The maximum absolute atomic E-state index is 12.2. The first-order chi connectivity index (χ1) is 20.3. The van der Waals surface area contributed by atoms with Crippen molar-refractivity contribution in [3.8, 4) is 0 Å². The van der Waals surface area contributed by atoms with Gasteiger partial charge in [0.2, 0.25) is 0 Å². The lowest BCUT2D eigenvalue weighted by Crippen LogP contribution is -2.44. The third-order valence-electron chi connectivity index (χ3n) is 7.32. The average molecular weight is 509 g/mol. The Morgan fingerprint density at radius 1 is 0.946 bits per heavy atom. The first kappa shape index (κ1) is 19.1. The fourth-order valence-corrected chi connectivity index (χ4v) is 4.84. The third kappa shape index (κ3) is 5.96. The van der Waals surface area contributed by atoms with E-state index in [0.29, 0.717) is 16.7 Å². The average Bonchev–Trinajstić information content (AvgIpc) is 3.01. The predicted octanol–water partition coefficient (Wildman–Crippen LogP) is 5.51. The van der Waals surface area contributed by atoms with Gasteiger partial charge in [-0.25, -0.2) is 0 Å². The van der Waals surface area contributed by atoms with E-state index in [2.05, 4.69) is 0 Å². The number of hydrogen-bond acceptors (Lipinski definition) is 4. The number of carboxylic acid groups (broad SMARTS) is 1. The Balaban J connectivity index is 1.59. The SMILES string of the molecule is [2H]C(O)(c1ccc(C(C)(C)C(=O)O)cc1)C([2H])([2H])C([2H])([2H])C([2H])([2H])N1CCC(C(O)(c2ccccc2)c2ccccc2)CC1. The number of carbonyl (C=O) groups is 1. The molecule has 0 radical (unpaired) electrons. The molecule has 5 nitrogen and oxygen atoms in total. The van der Waals surface area contributed by atoms with E-state index in [9.17, 15) is 20.1 Å². The Bertz CT molecular complexity index is 1400. The number of nitrogens with zero attached hydrogens (tertiary/aromatic N) is 1. The maximum Gasteiger partial charge on any atom is 0.313 e. The quantitative estimate of drug-likeness (QED) is 0.336. The van der Waals surface area contributed by atoms with E-state index in [4.69, 9.17) is 9.60 Å². The normalized spacial score (nSPS) is 21.2. The van der Waals surface area contributed by atoms with Crippen LogP contribution in [0.3, 0.4) is 0 Å². The summed E-state index contributed by atoms with van der Waals surface area (Å²) in [6.45, 7) is -0.0463. The number of piperidine rings is 1. The van der Waals surface area contributed by atoms with Crippen molar-refractivity contribution in [1.82, 2.24) is 4.90 Å². The van der Waals surface area contributed by atoms with Crippen LogP contribution < -0.4 is 0 Å². The number of likely N-dealkylation sites (tertiary alicyclic amines) is 1. The Labute approximate surface area is 230 Å². The highest BCUT2D eigenvalue weighted by Crippen LogP contribution is 2.42. The van der Waals surface area contributed by atoms with Gasteiger partial charge in [-0.15, -0.1) is 0 Å². The summed E-state index contributed by atoms with van der Waals surface area (Å²) >= 11 is 0. The van der Waals surface area contributed by atoms with Crippen molar-refractivity contribution in [3.05, 3.63) is 107 Å². The molecule has 3 N–H and O–H groups in total. The molecule has 1 saturated heterocycles. The Morgan fingerprint density at radius 2 is 1.46 bits per heavy atom. The summed E-state index contributed by atoms with van der Waals surface area (Å²) in [5.74, 6) is -1.47. The number of hydrogen-bond donors (Lipinski definition) is 3. The molecule has 4 rings (SSSR count). The van der Waals surface area contributed by atoms with Crippen LogP contribution in [-0.4, -0.2) is 45.8 Å². The molecule has 1 unspecified atom stereocenters. The first-order valence-corrected chi connectivity index (χ1v) is 12.5. The molecule has 0 aliphatic carbocycles. The van der Waals surface area contributed by atoms with E-state index in [-0.39, 0.29) is 37.4 Å². The molecule has 3 aromatic carbocycles. The zero-order valence-electron chi connectivity index (χ0n) is 28.2. The fraction of sp³-hybridized carbons (Fsp3) is 0.406. The van der Waals surface area contributed by atoms with E-state index < -0.39 is 42.3 Å². The molecule has 37 heavy (non-hydrogen) atoms. The molecule has 1 aliphatic rings. The second-order valence-corrected chi connectivity index (χ2v) is 9.98. The molecular formula is C32H39NO4. The lowest BCUT2D eigenvalue weighted by atomic mass is 9.72. The van der Waals surface area contributed by atoms with Gasteiger partial charge < -0.3 is 20.2 Å². The molecule has 3 aromatic rings. The van der Waals surface area contributed by atoms with E-state index in [0.717, 1.165) is 12.1 Å². The largest absolute Gasteiger partial charge is 0.481 e. The number of carboxylic acids is 1. The summed E-state index contributed by atoms with van der Waals surface area (Å²) in [4.78, 5) is 12.8. The molecule has 1 fully saturated rings. The minimum Gasteiger partial charge on any atom is -0.481 e. The summed E-state index contributed by atoms with van der Waals surface area (Å²) in [7, 11) is 0. The zero-order chi connectivity index (χ0) is 32.8. The van der Waals surface area contributed by atoms with Crippen LogP contribution in [0.5, 0.6) is 0 Å². The Kier molecular flexibility index (Phi) is 6.00.